The van der Waals surface area contributed by atoms with Crippen LogP contribution in [0.15, 0.2) is 18.3 Å². The van der Waals surface area contributed by atoms with Crippen LogP contribution < -0.4 is 5.32 Å². The Kier molecular flexibility index (Phi) is 4.71. The van der Waals surface area contributed by atoms with Gasteiger partial charge in [0, 0.05) is 18.4 Å². The largest absolute Gasteiger partial charge is 0.481 e. The van der Waals surface area contributed by atoms with Crippen LogP contribution in [0, 0.1) is 18.8 Å². The van der Waals surface area contributed by atoms with Gasteiger partial charge in [0.15, 0.2) is 0 Å². The number of hydrogen-bond donors (Lipinski definition) is 2. The van der Waals surface area contributed by atoms with Crippen LogP contribution in [0.25, 0.3) is 0 Å². The molecule has 1 heterocycles. The van der Waals surface area contributed by atoms with E-state index in [1.165, 1.54) is 0 Å². The summed E-state index contributed by atoms with van der Waals surface area (Å²) in [6, 6.07) is 3.81. The molecular weight excluding hydrogens is 256 g/mol. The highest BCUT2D eigenvalue weighted by Gasteiger charge is 2.35. The van der Waals surface area contributed by atoms with Gasteiger partial charge in [-0.15, -0.1) is 0 Å². The van der Waals surface area contributed by atoms with Crippen LogP contribution in [-0.4, -0.2) is 22.0 Å². The third-order valence-electron chi connectivity index (χ3n) is 3.86. The number of pyridine rings is 1. The molecule has 5 heteroatoms. The average Bonchev–Trinajstić information content (AvgIpc) is 2.46. The Hall–Kier alpha value is -1.91. The molecule has 108 valence electrons. The summed E-state index contributed by atoms with van der Waals surface area (Å²) < 4.78 is 0. The van der Waals surface area contributed by atoms with Gasteiger partial charge < -0.3 is 10.4 Å². The van der Waals surface area contributed by atoms with Gasteiger partial charge in [-0.3, -0.25) is 14.6 Å². The Balaban J connectivity index is 1.93. The summed E-state index contributed by atoms with van der Waals surface area (Å²) >= 11 is 0. The van der Waals surface area contributed by atoms with Crippen molar-refractivity contribution in [1.29, 1.82) is 0 Å². The second-order valence-electron chi connectivity index (χ2n) is 5.36. The number of nitrogens with zero attached hydrogens (tertiary/aromatic N) is 1. The van der Waals surface area contributed by atoms with Crippen LogP contribution in [0.1, 0.15) is 36.9 Å². The Morgan fingerprint density at radius 2 is 2.00 bits per heavy atom. The van der Waals surface area contributed by atoms with E-state index >= 15 is 0 Å². The van der Waals surface area contributed by atoms with Crippen LogP contribution in [0.4, 0.5) is 0 Å². The summed E-state index contributed by atoms with van der Waals surface area (Å²) in [6.07, 6.45) is 4.80. The van der Waals surface area contributed by atoms with Crippen molar-refractivity contribution in [2.24, 2.45) is 11.8 Å². The summed E-state index contributed by atoms with van der Waals surface area (Å²) in [4.78, 5) is 27.5. The summed E-state index contributed by atoms with van der Waals surface area (Å²) in [5.74, 6) is -1.96. The predicted molar refractivity (Wildman–Crippen MR) is 73.9 cm³/mol. The summed E-state index contributed by atoms with van der Waals surface area (Å²) in [7, 11) is 0. The van der Waals surface area contributed by atoms with Gasteiger partial charge >= 0.3 is 5.97 Å². The molecule has 2 unspecified atom stereocenters. The van der Waals surface area contributed by atoms with E-state index in [-0.39, 0.29) is 5.91 Å². The number of aryl methyl sites for hydroxylation is 1. The highest BCUT2D eigenvalue weighted by molar-refractivity contribution is 5.84. The number of amides is 1. The number of aromatic nitrogens is 1. The fraction of sp³-hybridized carbons (Fsp3) is 0.533. The monoisotopic (exact) mass is 276 g/mol. The molecule has 2 N–H and O–H groups in total. The predicted octanol–water partition coefficient (Wildman–Crippen LogP) is 1.90. The molecule has 0 bridgehead atoms. The smallest absolute Gasteiger partial charge is 0.307 e. The van der Waals surface area contributed by atoms with Crippen LogP contribution in [0.5, 0.6) is 0 Å². The van der Waals surface area contributed by atoms with Crippen molar-refractivity contribution in [3.63, 3.8) is 0 Å². The van der Waals surface area contributed by atoms with Gasteiger partial charge in [-0.1, -0.05) is 18.9 Å². The lowest BCUT2D eigenvalue weighted by Gasteiger charge is -2.27. The van der Waals surface area contributed by atoms with Gasteiger partial charge in [0.2, 0.25) is 5.91 Å². The first-order chi connectivity index (χ1) is 9.58. The molecule has 0 spiro atoms. The first-order valence-electron chi connectivity index (χ1n) is 7.00. The third-order valence-corrected chi connectivity index (χ3v) is 3.86. The Morgan fingerprint density at radius 1 is 1.30 bits per heavy atom. The van der Waals surface area contributed by atoms with E-state index in [0.29, 0.717) is 19.4 Å². The average molecular weight is 276 g/mol. The summed E-state index contributed by atoms with van der Waals surface area (Å²) in [5.41, 5.74) is 1.85. The van der Waals surface area contributed by atoms with E-state index in [1.807, 2.05) is 19.1 Å². The number of carboxylic acids is 1. The Bertz CT molecular complexity index is 484. The number of rotatable bonds is 4. The standard InChI is InChI=1S/C15H20N2O3/c1-10-6-7-11(8-16-10)9-17-14(18)12-4-2-3-5-13(12)15(19)20/h6-8,12-13H,2-5,9H2,1H3,(H,17,18)(H,19,20). The van der Waals surface area contributed by atoms with Crippen molar-refractivity contribution in [3.05, 3.63) is 29.6 Å². The zero-order valence-electron chi connectivity index (χ0n) is 11.6. The van der Waals surface area contributed by atoms with Crippen molar-refractivity contribution in [2.45, 2.75) is 39.2 Å². The molecule has 2 atom stereocenters. The molecule has 1 aliphatic rings. The van der Waals surface area contributed by atoms with E-state index in [0.717, 1.165) is 24.1 Å². The highest BCUT2D eigenvalue weighted by Crippen LogP contribution is 2.30. The molecule has 0 aliphatic heterocycles. The first kappa shape index (κ1) is 14.5. The summed E-state index contributed by atoms with van der Waals surface area (Å²) in [5, 5.41) is 12.0. The van der Waals surface area contributed by atoms with Crippen molar-refractivity contribution in [2.75, 3.05) is 0 Å². The zero-order chi connectivity index (χ0) is 14.5. The van der Waals surface area contributed by atoms with Crippen LogP contribution in [-0.2, 0) is 16.1 Å². The molecular formula is C15H20N2O3. The van der Waals surface area contributed by atoms with Gasteiger partial charge in [-0.05, 0) is 31.4 Å². The van der Waals surface area contributed by atoms with Crippen molar-refractivity contribution >= 4 is 11.9 Å². The normalized spacial score (nSPS) is 22.2. The molecule has 5 nitrogen and oxygen atoms in total. The van der Waals surface area contributed by atoms with Crippen molar-refractivity contribution < 1.29 is 14.7 Å². The van der Waals surface area contributed by atoms with Gasteiger partial charge in [0.05, 0.1) is 11.8 Å². The maximum Gasteiger partial charge on any atom is 0.307 e. The van der Waals surface area contributed by atoms with Crippen LogP contribution in [0.2, 0.25) is 0 Å². The lowest BCUT2D eigenvalue weighted by atomic mass is 9.78. The summed E-state index contributed by atoms with van der Waals surface area (Å²) in [6.45, 7) is 2.30. The van der Waals surface area contributed by atoms with E-state index in [4.69, 9.17) is 0 Å². The fourth-order valence-electron chi connectivity index (χ4n) is 2.66. The number of nitrogens with one attached hydrogen (secondary N) is 1. The number of aliphatic carboxylic acids is 1. The lowest BCUT2D eigenvalue weighted by molar-refractivity contribution is -0.148. The molecule has 0 radical (unpaired) electrons. The molecule has 1 saturated carbocycles. The van der Waals surface area contributed by atoms with Gasteiger partial charge in [0.1, 0.15) is 0 Å². The fourth-order valence-corrected chi connectivity index (χ4v) is 2.66. The lowest BCUT2D eigenvalue weighted by Crippen LogP contribution is -2.39. The highest BCUT2D eigenvalue weighted by atomic mass is 16.4. The number of carboxylic acid groups (broad SMARTS) is 1. The Morgan fingerprint density at radius 3 is 2.60 bits per heavy atom. The molecule has 1 aromatic rings. The SMILES string of the molecule is Cc1ccc(CNC(=O)C2CCCCC2C(=O)O)cn1. The van der Waals surface area contributed by atoms with Gasteiger partial charge in [-0.25, -0.2) is 0 Å². The van der Waals surface area contributed by atoms with E-state index < -0.39 is 17.8 Å². The number of carbonyl (C=O) groups is 2. The van der Waals surface area contributed by atoms with Crippen LogP contribution in [0.3, 0.4) is 0 Å². The molecule has 0 saturated heterocycles. The van der Waals surface area contributed by atoms with E-state index in [1.54, 1.807) is 6.20 Å². The molecule has 1 aliphatic carbocycles. The zero-order valence-corrected chi connectivity index (χ0v) is 11.6. The first-order valence-corrected chi connectivity index (χ1v) is 7.00. The number of hydrogen-bond acceptors (Lipinski definition) is 3. The second-order valence-corrected chi connectivity index (χ2v) is 5.36. The molecule has 1 fully saturated rings. The van der Waals surface area contributed by atoms with E-state index in [9.17, 15) is 14.7 Å². The molecule has 2 rings (SSSR count). The van der Waals surface area contributed by atoms with E-state index in [2.05, 4.69) is 10.3 Å². The molecule has 20 heavy (non-hydrogen) atoms. The Labute approximate surface area is 118 Å². The molecule has 1 amide bonds. The minimum Gasteiger partial charge on any atom is -0.481 e. The van der Waals surface area contributed by atoms with Gasteiger partial charge in [-0.2, -0.15) is 0 Å². The number of carbonyl (C=O) groups excluding carboxylic acids is 1. The van der Waals surface area contributed by atoms with Crippen molar-refractivity contribution in [3.8, 4) is 0 Å². The molecule has 1 aromatic heterocycles. The van der Waals surface area contributed by atoms with Crippen LogP contribution >= 0.6 is 0 Å². The second kappa shape index (κ2) is 6.50. The third kappa shape index (κ3) is 3.56. The van der Waals surface area contributed by atoms with Gasteiger partial charge in [0.25, 0.3) is 0 Å². The van der Waals surface area contributed by atoms with Crippen molar-refractivity contribution in [1.82, 2.24) is 10.3 Å². The minimum absolute atomic E-state index is 0.155. The molecule has 0 aromatic carbocycles. The topological polar surface area (TPSA) is 79.3 Å². The quantitative estimate of drug-likeness (QED) is 0.880. The maximum atomic E-state index is 12.2. The minimum atomic E-state index is -0.859. The maximum absolute atomic E-state index is 12.2.